The minimum Gasteiger partial charge on any atom is -0.680 e. The maximum atomic E-state index is 5.10. The molecule has 0 atom stereocenters. The normalized spacial score (nSPS) is 10.8. The van der Waals surface area contributed by atoms with Gasteiger partial charge in [-0.25, -0.2) is 0 Å². The Morgan fingerprint density at radius 1 is 0.415 bits per heavy atom. The first-order valence-electron chi connectivity index (χ1n) is 18.2. The Labute approximate surface area is 340 Å². The van der Waals surface area contributed by atoms with Gasteiger partial charge in [0, 0.05) is 0 Å². The number of nitrogens with zero attached hydrogens (tertiary/aromatic N) is 2. The van der Waals surface area contributed by atoms with Crippen LogP contribution in [0.25, 0.3) is 21.8 Å². The molecule has 6 aromatic rings. The zero-order valence-electron chi connectivity index (χ0n) is 33.1. The molecule has 6 aromatic carbocycles. The topological polar surface area (TPSA) is 28.2 Å². The molecule has 0 N–H and O–H groups in total. The number of hydrogen-bond acceptors (Lipinski definition) is 0. The third kappa shape index (κ3) is 13.5. The van der Waals surface area contributed by atoms with Crippen LogP contribution in [0.1, 0.15) is 86.1 Å². The van der Waals surface area contributed by atoms with Crippen LogP contribution in [0.5, 0.6) is 0 Å². The standard InChI is InChI=1S/C36H42N2.2C7H7.Zr/c1-25-11-9-13-31(37-23-27-15-19-29(20-16-27)35(3,4)5)33(25)34-26(2)12-10-14-32(34)38-24-28-17-21-30(22-18-28)36(6,7)8;2*1-7-5-3-2-4-6-7;/h9-22H,23-24H2,1-8H3;2*2-6H,1H2;/q-2;2*-1;+4. The van der Waals surface area contributed by atoms with Gasteiger partial charge in [-0.3, -0.25) is 0 Å². The van der Waals surface area contributed by atoms with E-state index >= 15 is 0 Å². The molecule has 0 unspecified atom stereocenters. The molecule has 0 aliphatic carbocycles. The molecule has 0 aromatic heterocycles. The molecule has 0 aliphatic rings. The fourth-order valence-electron chi connectivity index (χ4n) is 5.75. The van der Waals surface area contributed by atoms with E-state index in [1.165, 1.54) is 44.5 Å². The fraction of sp³-hybridized carbons (Fsp3) is 0.240. The van der Waals surface area contributed by atoms with Crippen LogP contribution < -0.4 is 0 Å². The molecular formula is C50H56N2Zr. The molecule has 0 bridgehead atoms. The van der Waals surface area contributed by atoms with Crippen molar-refractivity contribution in [3.05, 3.63) is 215 Å². The average Bonchev–Trinajstić information content (AvgIpc) is 3.11. The number of rotatable bonds is 7. The van der Waals surface area contributed by atoms with Gasteiger partial charge in [-0.15, -0.1) is 48.7 Å². The fourth-order valence-corrected chi connectivity index (χ4v) is 5.75. The summed E-state index contributed by atoms with van der Waals surface area (Å²) in [5.41, 5.74) is 14.4. The molecule has 270 valence electrons. The summed E-state index contributed by atoms with van der Waals surface area (Å²) in [6.07, 6.45) is 0. The molecule has 53 heavy (non-hydrogen) atoms. The summed E-state index contributed by atoms with van der Waals surface area (Å²) in [6.45, 7) is 26.6. The van der Waals surface area contributed by atoms with Crippen LogP contribution in [0.15, 0.2) is 146 Å². The van der Waals surface area contributed by atoms with E-state index in [1.54, 1.807) is 0 Å². The molecule has 6 rings (SSSR count). The Hall–Kier alpha value is -4.46. The van der Waals surface area contributed by atoms with Gasteiger partial charge in [0.25, 0.3) is 0 Å². The number of benzene rings is 6. The van der Waals surface area contributed by atoms with Crippen molar-refractivity contribution in [2.45, 2.75) is 79.3 Å². The first-order valence-corrected chi connectivity index (χ1v) is 18.2. The van der Waals surface area contributed by atoms with Gasteiger partial charge < -0.3 is 10.6 Å². The van der Waals surface area contributed by atoms with Crippen molar-refractivity contribution in [1.82, 2.24) is 0 Å². The first kappa shape index (κ1) is 43.0. The Bertz CT molecular complexity index is 1800. The van der Waals surface area contributed by atoms with Crippen molar-refractivity contribution in [3.8, 4) is 11.1 Å². The van der Waals surface area contributed by atoms with Crippen molar-refractivity contribution >= 4 is 11.4 Å². The van der Waals surface area contributed by atoms with Crippen LogP contribution in [0, 0.1) is 27.7 Å². The van der Waals surface area contributed by atoms with Gasteiger partial charge in [0.15, 0.2) is 0 Å². The van der Waals surface area contributed by atoms with Crippen LogP contribution in [0.4, 0.5) is 11.4 Å². The van der Waals surface area contributed by atoms with Crippen molar-refractivity contribution in [1.29, 1.82) is 0 Å². The van der Waals surface area contributed by atoms with Gasteiger partial charge >= 0.3 is 26.2 Å². The second kappa shape index (κ2) is 20.1. The molecule has 0 radical (unpaired) electrons. The number of aryl methyl sites for hydroxylation is 2. The predicted molar refractivity (Wildman–Crippen MR) is 227 cm³/mol. The predicted octanol–water partition coefficient (Wildman–Crippen LogP) is 14.7. The van der Waals surface area contributed by atoms with E-state index in [2.05, 4.69) is 154 Å². The van der Waals surface area contributed by atoms with E-state index in [9.17, 15) is 0 Å². The van der Waals surface area contributed by atoms with Crippen LogP contribution in [-0.4, -0.2) is 0 Å². The van der Waals surface area contributed by atoms with Crippen molar-refractivity contribution in [2.24, 2.45) is 0 Å². The van der Waals surface area contributed by atoms with Crippen LogP contribution in [0.3, 0.4) is 0 Å². The van der Waals surface area contributed by atoms with Crippen LogP contribution >= 0.6 is 0 Å². The molecule has 0 aliphatic heterocycles. The Balaban J connectivity index is 0.000000418. The molecule has 3 heteroatoms. The largest absolute Gasteiger partial charge is 4.00 e. The first-order chi connectivity index (χ1) is 24.7. The quantitative estimate of drug-likeness (QED) is 0.145. The average molecular weight is 776 g/mol. The minimum atomic E-state index is 0. The second-order valence-electron chi connectivity index (χ2n) is 15.4. The third-order valence-electron chi connectivity index (χ3n) is 8.94. The molecule has 0 saturated heterocycles. The summed E-state index contributed by atoms with van der Waals surface area (Å²) in [4.78, 5) is 0. The Kier molecular flexibility index (Phi) is 16.3. The van der Waals surface area contributed by atoms with Gasteiger partial charge in [0.05, 0.1) is 0 Å². The monoisotopic (exact) mass is 774 g/mol. The molecule has 0 saturated carbocycles. The second-order valence-corrected chi connectivity index (χ2v) is 15.4. The maximum absolute atomic E-state index is 5.10. The van der Waals surface area contributed by atoms with E-state index in [1.807, 2.05) is 60.7 Å². The number of hydrogen-bond donors (Lipinski definition) is 0. The maximum Gasteiger partial charge on any atom is 4.00 e. The molecule has 2 nitrogen and oxygen atoms in total. The third-order valence-corrected chi connectivity index (χ3v) is 8.94. The zero-order chi connectivity index (χ0) is 37.7. The smallest absolute Gasteiger partial charge is 0.680 e. The van der Waals surface area contributed by atoms with Crippen molar-refractivity contribution in [3.63, 3.8) is 0 Å². The van der Waals surface area contributed by atoms with Gasteiger partial charge in [-0.05, 0) is 58.1 Å². The van der Waals surface area contributed by atoms with Gasteiger partial charge in [-0.1, -0.05) is 150 Å². The SMILES string of the molecule is Cc1cccc([N-]Cc2ccc(C(C)(C)C)cc2)c1-c1c(C)cccc1[N-]Cc1ccc(C(C)(C)C)cc1.[CH2-]c1ccccc1.[CH2-]c1ccccc1.[Zr+4]. The van der Waals surface area contributed by atoms with Crippen LogP contribution in [0.2, 0.25) is 0 Å². The van der Waals surface area contributed by atoms with E-state index in [-0.39, 0.29) is 37.0 Å². The van der Waals surface area contributed by atoms with Gasteiger partial charge in [0.1, 0.15) is 0 Å². The summed E-state index contributed by atoms with van der Waals surface area (Å²) in [5.74, 6) is 0. The minimum absolute atomic E-state index is 0. The Morgan fingerprint density at radius 2 is 0.736 bits per heavy atom. The van der Waals surface area contributed by atoms with E-state index in [0.29, 0.717) is 13.1 Å². The van der Waals surface area contributed by atoms with Crippen molar-refractivity contribution in [2.75, 3.05) is 0 Å². The van der Waals surface area contributed by atoms with Gasteiger partial charge in [0.2, 0.25) is 0 Å². The molecule has 0 fully saturated rings. The van der Waals surface area contributed by atoms with E-state index in [0.717, 1.165) is 22.5 Å². The molecule has 0 spiro atoms. The Morgan fingerprint density at radius 3 is 1.00 bits per heavy atom. The summed E-state index contributed by atoms with van der Waals surface area (Å²) in [7, 11) is 0. The summed E-state index contributed by atoms with van der Waals surface area (Å²) >= 11 is 0. The summed E-state index contributed by atoms with van der Waals surface area (Å²) in [6, 6.07) is 50.3. The zero-order valence-corrected chi connectivity index (χ0v) is 35.5. The molecular weight excluding hydrogens is 720 g/mol. The van der Waals surface area contributed by atoms with E-state index < -0.39 is 0 Å². The molecule has 0 heterocycles. The van der Waals surface area contributed by atoms with Gasteiger partial charge in [-0.2, -0.15) is 49.2 Å². The van der Waals surface area contributed by atoms with Crippen molar-refractivity contribution < 1.29 is 26.2 Å². The molecule has 0 amide bonds. The van der Waals surface area contributed by atoms with Crippen LogP contribution in [-0.2, 0) is 50.1 Å². The summed E-state index contributed by atoms with van der Waals surface area (Å²) in [5, 5.41) is 10.2. The summed E-state index contributed by atoms with van der Waals surface area (Å²) < 4.78 is 0. The van der Waals surface area contributed by atoms with E-state index in [4.69, 9.17) is 10.6 Å².